The summed E-state index contributed by atoms with van der Waals surface area (Å²) in [6.07, 6.45) is 6.16. The molecule has 1 N–H and O–H groups in total. The summed E-state index contributed by atoms with van der Waals surface area (Å²) >= 11 is 5.18. The average Bonchev–Trinajstić information content (AvgIpc) is 2.39. The summed E-state index contributed by atoms with van der Waals surface area (Å²) < 4.78 is 28.1. The van der Waals surface area contributed by atoms with Gasteiger partial charge in [0, 0.05) is 15.8 Å². The van der Waals surface area contributed by atoms with E-state index in [4.69, 9.17) is 0 Å². The molecule has 1 fully saturated rings. The molecule has 1 aliphatic rings. The Morgan fingerprint density at radius 1 is 1.26 bits per heavy atom. The van der Waals surface area contributed by atoms with Gasteiger partial charge in [-0.05, 0) is 50.1 Å². The maximum Gasteiger partial charge on any atom is 0.240 e. The van der Waals surface area contributed by atoms with Crippen molar-refractivity contribution in [3.63, 3.8) is 0 Å². The van der Waals surface area contributed by atoms with Crippen LogP contribution in [0.25, 0.3) is 0 Å². The van der Waals surface area contributed by atoms with Crippen molar-refractivity contribution in [2.45, 2.75) is 41.9 Å². The van der Waals surface area contributed by atoms with Gasteiger partial charge in [-0.15, -0.1) is 0 Å². The molecule has 0 saturated heterocycles. The zero-order valence-electron chi connectivity index (χ0n) is 10.8. The molecule has 1 aliphatic carbocycles. The van der Waals surface area contributed by atoms with Gasteiger partial charge in [0.25, 0.3) is 0 Å². The van der Waals surface area contributed by atoms with Gasteiger partial charge in [-0.2, -0.15) is 11.8 Å². The molecule has 106 valence electrons. The van der Waals surface area contributed by atoms with E-state index in [-0.39, 0.29) is 6.04 Å². The summed E-state index contributed by atoms with van der Waals surface area (Å²) in [4.78, 5) is 0.328. The van der Waals surface area contributed by atoms with Crippen molar-refractivity contribution < 1.29 is 8.42 Å². The molecule has 0 radical (unpaired) electrons. The quantitative estimate of drug-likeness (QED) is 0.891. The lowest BCUT2D eigenvalue weighted by Gasteiger charge is -2.27. The molecule has 3 nitrogen and oxygen atoms in total. The van der Waals surface area contributed by atoms with Gasteiger partial charge in [0.2, 0.25) is 10.0 Å². The van der Waals surface area contributed by atoms with Crippen molar-refractivity contribution in [3.8, 4) is 0 Å². The van der Waals surface area contributed by atoms with Crippen molar-refractivity contribution >= 4 is 37.7 Å². The number of halogens is 1. The number of hydrogen-bond acceptors (Lipinski definition) is 3. The van der Waals surface area contributed by atoms with Crippen LogP contribution in [0.5, 0.6) is 0 Å². The van der Waals surface area contributed by atoms with Crippen LogP contribution in [0, 0.1) is 0 Å². The Kier molecular flexibility index (Phi) is 5.34. The molecule has 1 aromatic carbocycles. The maximum absolute atomic E-state index is 12.3. The highest BCUT2D eigenvalue weighted by atomic mass is 79.9. The average molecular weight is 364 g/mol. The van der Waals surface area contributed by atoms with Crippen LogP contribution in [0.3, 0.4) is 0 Å². The predicted octanol–water partition coefficient (Wildman–Crippen LogP) is 3.40. The summed E-state index contributed by atoms with van der Waals surface area (Å²) in [6.45, 7) is 0. The van der Waals surface area contributed by atoms with Crippen molar-refractivity contribution in [3.05, 3.63) is 28.7 Å². The summed E-state index contributed by atoms with van der Waals surface area (Å²) in [5.74, 6) is 0. The first kappa shape index (κ1) is 15.4. The molecule has 2 rings (SSSR count). The topological polar surface area (TPSA) is 46.2 Å². The van der Waals surface area contributed by atoms with Crippen LogP contribution in [0.2, 0.25) is 0 Å². The molecule has 0 heterocycles. The fraction of sp³-hybridized carbons (Fsp3) is 0.538. The highest BCUT2D eigenvalue weighted by molar-refractivity contribution is 9.10. The minimum Gasteiger partial charge on any atom is -0.208 e. The fourth-order valence-corrected chi connectivity index (χ4v) is 4.98. The predicted molar refractivity (Wildman–Crippen MR) is 84.0 cm³/mol. The maximum atomic E-state index is 12.3. The van der Waals surface area contributed by atoms with Gasteiger partial charge in [0.05, 0.1) is 4.90 Å². The Bertz CT molecular complexity index is 525. The number of sulfonamides is 1. The Morgan fingerprint density at radius 2 is 1.95 bits per heavy atom. The van der Waals surface area contributed by atoms with Crippen LogP contribution >= 0.6 is 27.7 Å². The zero-order chi connectivity index (χ0) is 13.9. The van der Waals surface area contributed by atoms with Crippen LogP contribution in [-0.4, -0.2) is 26.0 Å². The van der Waals surface area contributed by atoms with E-state index in [1.165, 1.54) is 0 Å². The lowest BCUT2D eigenvalue weighted by molar-refractivity contribution is 0.420. The highest BCUT2D eigenvalue weighted by Gasteiger charge is 2.25. The van der Waals surface area contributed by atoms with Gasteiger partial charge in [-0.25, -0.2) is 13.1 Å². The van der Waals surface area contributed by atoms with Gasteiger partial charge in [-0.1, -0.05) is 22.0 Å². The van der Waals surface area contributed by atoms with Gasteiger partial charge < -0.3 is 0 Å². The lowest BCUT2D eigenvalue weighted by atomic mass is 9.96. The van der Waals surface area contributed by atoms with Gasteiger partial charge in [0.15, 0.2) is 0 Å². The van der Waals surface area contributed by atoms with Crippen LogP contribution in [0.4, 0.5) is 0 Å². The minimum atomic E-state index is -3.39. The zero-order valence-corrected chi connectivity index (χ0v) is 14.0. The second-order valence-corrected chi connectivity index (χ2v) is 8.56. The van der Waals surface area contributed by atoms with Gasteiger partial charge in [0.1, 0.15) is 0 Å². The molecule has 0 spiro atoms. The molecule has 0 atom stereocenters. The molecule has 0 aromatic heterocycles. The second-order valence-electron chi connectivity index (χ2n) is 4.79. The number of benzene rings is 1. The Morgan fingerprint density at radius 3 is 2.53 bits per heavy atom. The molecule has 0 bridgehead atoms. The second kappa shape index (κ2) is 6.61. The van der Waals surface area contributed by atoms with Crippen molar-refractivity contribution in [1.29, 1.82) is 0 Å². The largest absolute Gasteiger partial charge is 0.240 e. The molecule has 0 amide bonds. The molecule has 19 heavy (non-hydrogen) atoms. The highest BCUT2D eigenvalue weighted by Crippen LogP contribution is 2.27. The number of rotatable bonds is 4. The van der Waals surface area contributed by atoms with Gasteiger partial charge >= 0.3 is 0 Å². The number of hydrogen-bond donors (Lipinski definition) is 1. The third-order valence-corrected chi connectivity index (χ3v) is 6.59. The number of nitrogens with one attached hydrogen (secondary N) is 1. The fourth-order valence-electron chi connectivity index (χ4n) is 2.34. The van der Waals surface area contributed by atoms with E-state index in [2.05, 4.69) is 26.9 Å². The normalized spacial score (nSPS) is 24.3. The standard InChI is InChI=1S/C13H18BrNO2S2/c1-18-12-7-5-11(6-8-12)15-19(16,17)13-4-2-3-10(14)9-13/h2-4,9,11-12,15H,5-8H2,1H3. The summed E-state index contributed by atoms with van der Waals surface area (Å²) in [7, 11) is -3.39. The first-order valence-electron chi connectivity index (χ1n) is 6.32. The Balaban J connectivity index is 2.02. The van der Waals surface area contributed by atoms with E-state index in [0.717, 1.165) is 30.2 Å². The Labute approximate surface area is 127 Å². The van der Waals surface area contributed by atoms with E-state index in [1.54, 1.807) is 18.2 Å². The Hall–Kier alpha value is -0.0400. The van der Waals surface area contributed by atoms with Crippen LogP contribution in [-0.2, 0) is 10.0 Å². The van der Waals surface area contributed by atoms with E-state index in [0.29, 0.717) is 10.1 Å². The molecule has 1 saturated carbocycles. The van der Waals surface area contributed by atoms with E-state index < -0.39 is 10.0 Å². The van der Waals surface area contributed by atoms with E-state index in [1.807, 2.05) is 17.8 Å². The molecule has 6 heteroatoms. The van der Waals surface area contributed by atoms with E-state index in [9.17, 15) is 8.42 Å². The summed E-state index contributed by atoms with van der Waals surface area (Å²) in [5, 5.41) is 0.687. The van der Waals surface area contributed by atoms with Crippen LogP contribution < -0.4 is 4.72 Å². The van der Waals surface area contributed by atoms with Crippen molar-refractivity contribution in [2.75, 3.05) is 6.26 Å². The summed E-state index contributed by atoms with van der Waals surface area (Å²) in [6, 6.07) is 6.90. The number of thioether (sulfide) groups is 1. The molecule has 0 unspecified atom stereocenters. The molecular formula is C13H18BrNO2S2. The first-order chi connectivity index (χ1) is 9.01. The third-order valence-electron chi connectivity index (χ3n) is 3.44. The minimum absolute atomic E-state index is 0.0763. The lowest BCUT2D eigenvalue weighted by Crippen LogP contribution is -2.38. The van der Waals surface area contributed by atoms with Crippen molar-refractivity contribution in [2.24, 2.45) is 0 Å². The molecule has 1 aromatic rings. The van der Waals surface area contributed by atoms with E-state index >= 15 is 0 Å². The van der Waals surface area contributed by atoms with Gasteiger partial charge in [-0.3, -0.25) is 0 Å². The first-order valence-corrected chi connectivity index (χ1v) is 9.88. The molecular weight excluding hydrogens is 346 g/mol. The summed E-state index contributed by atoms with van der Waals surface area (Å²) in [5.41, 5.74) is 0. The monoisotopic (exact) mass is 363 g/mol. The molecule has 0 aliphatic heterocycles. The van der Waals surface area contributed by atoms with Crippen molar-refractivity contribution in [1.82, 2.24) is 4.72 Å². The third kappa shape index (κ3) is 4.21. The van der Waals surface area contributed by atoms with Crippen LogP contribution in [0.15, 0.2) is 33.6 Å². The SMILES string of the molecule is CSC1CCC(NS(=O)(=O)c2cccc(Br)c2)CC1. The smallest absolute Gasteiger partial charge is 0.208 e. The van der Waals surface area contributed by atoms with Crippen LogP contribution in [0.1, 0.15) is 25.7 Å².